The summed E-state index contributed by atoms with van der Waals surface area (Å²) in [5.74, 6) is 3.12. The van der Waals surface area contributed by atoms with Crippen molar-refractivity contribution in [2.75, 3.05) is 18.6 Å². The monoisotopic (exact) mass is 215 g/mol. The summed E-state index contributed by atoms with van der Waals surface area (Å²) in [6.07, 6.45) is 7.84. The lowest BCUT2D eigenvalue weighted by atomic mass is 10.1. The topological polar surface area (TPSA) is 12.0 Å². The van der Waals surface area contributed by atoms with Crippen molar-refractivity contribution in [2.24, 2.45) is 11.8 Å². The van der Waals surface area contributed by atoms with Crippen LogP contribution in [0.4, 0.5) is 0 Å². The third-order valence-corrected chi connectivity index (χ3v) is 4.23. The van der Waals surface area contributed by atoms with E-state index in [1.54, 1.807) is 0 Å². The Kier molecular flexibility index (Phi) is 5.95. The SMILES string of the molecule is CCC1CCC(NCC(C)CSC)C1. The fourth-order valence-corrected chi connectivity index (χ4v) is 3.03. The van der Waals surface area contributed by atoms with Crippen LogP contribution in [0.15, 0.2) is 0 Å². The van der Waals surface area contributed by atoms with E-state index >= 15 is 0 Å². The molecule has 2 heteroatoms. The van der Waals surface area contributed by atoms with Crippen LogP contribution >= 0.6 is 11.8 Å². The van der Waals surface area contributed by atoms with Gasteiger partial charge in [0.25, 0.3) is 0 Å². The van der Waals surface area contributed by atoms with Gasteiger partial charge in [0.2, 0.25) is 0 Å². The first-order valence-electron chi connectivity index (χ1n) is 5.98. The number of nitrogens with one attached hydrogen (secondary N) is 1. The van der Waals surface area contributed by atoms with E-state index < -0.39 is 0 Å². The summed E-state index contributed by atoms with van der Waals surface area (Å²) in [5.41, 5.74) is 0. The van der Waals surface area contributed by atoms with Gasteiger partial charge in [-0.25, -0.2) is 0 Å². The summed E-state index contributed by atoms with van der Waals surface area (Å²) in [6, 6.07) is 0.823. The molecular weight excluding hydrogens is 190 g/mol. The molecule has 0 aromatic rings. The molecule has 1 aliphatic rings. The second-order valence-electron chi connectivity index (χ2n) is 4.75. The third kappa shape index (κ3) is 4.22. The van der Waals surface area contributed by atoms with Crippen LogP contribution < -0.4 is 5.32 Å². The predicted octanol–water partition coefficient (Wildman–Crippen LogP) is 3.15. The molecule has 0 aromatic heterocycles. The lowest BCUT2D eigenvalue weighted by Gasteiger charge is -2.16. The minimum atomic E-state index is 0.823. The Morgan fingerprint density at radius 2 is 2.21 bits per heavy atom. The largest absolute Gasteiger partial charge is 0.314 e. The zero-order valence-electron chi connectivity index (χ0n) is 9.88. The smallest absolute Gasteiger partial charge is 0.00699 e. The van der Waals surface area contributed by atoms with Crippen LogP contribution in [0.5, 0.6) is 0 Å². The molecule has 1 fully saturated rings. The summed E-state index contributed by atoms with van der Waals surface area (Å²) in [4.78, 5) is 0. The van der Waals surface area contributed by atoms with Gasteiger partial charge in [0.05, 0.1) is 0 Å². The number of thioether (sulfide) groups is 1. The molecule has 14 heavy (non-hydrogen) atoms. The second-order valence-corrected chi connectivity index (χ2v) is 5.66. The Labute approximate surface area is 93.4 Å². The van der Waals surface area contributed by atoms with Crippen LogP contribution in [0.2, 0.25) is 0 Å². The van der Waals surface area contributed by atoms with Crippen molar-refractivity contribution in [3.05, 3.63) is 0 Å². The second kappa shape index (κ2) is 6.73. The Bertz CT molecular complexity index is 149. The molecule has 3 atom stereocenters. The summed E-state index contributed by atoms with van der Waals surface area (Å²) >= 11 is 1.96. The van der Waals surface area contributed by atoms with Gasteiger partial charge < -0.3 is 5.32 Å². The molecule has 1 nitrogen and oxygen atoms in total. The van der Waals surface area contributed by atoms with E-state index in [0.717, 1.165) is 17.9 Å². The van der Waals surface area contributed by atoms with Gasteiger partial charge in [0.1, 0.15) is 0 Å². The van der Waals surface area contributed by atoms with Crippen molar-refractivity contribution >= 4 is 11.8 Å². The van der Waals surface area contributed by atoms with E-state index in [1.807, 2.05) is 11.8 Å². The quantitative estimate of drug-likeness (QED) is 0.730. The van der Waals surface area contributed by atoms with E-state index in [-0.39, 0.29) is 0 Å². The molecule has 0 bridgehead atoms. The van der Waals surface area contributed by atoms with Crippen LogP contribution in [0.3, 0.4) is 0 Å². The molecule has 0 heterocycles. The number of rotatable bonds is 6. The molecule has 0 radical (unpaired) electrons. The predicted molar refractivity (Wildman–Crippen MR) is 67.0 cm³/mol. The summed E-state index contributed by atoms with van der Waals surface area (Å²) in [7, 11) is 0. The first-order chi connectivity index (χ1) is 6.76. The van der Waals surface area contributed by atoms with Crippen LogP contribution in [0, 0.1) is 11.8 Å². The van der Waals surface area contributed by atoms with E-state index in [0.29, 0.717) is 0 Å². The van der Waals surface area contributed by atoms with E-state index in [2.05, 4.69) is 25.4 Å². The van der Waals surface area contributed by atoms with Gasteiger partial charge in [-0.3, -0.25) is 0 Å². The van der Waals surface area contributed by atoms with Crippen LogP contribution in [0.25, 0.3) is 0 Å². The Morgan fingerprint density at radius 3 is 2.79 bits per heavy atom. The van der Waals surface area contributed by atoms with Gasteiger partial charge in [-0.1, -0.05) is 20.3 Å². The Balaban J connectivity index is 2.07. The van der Waals surface area contributed by atoms with E-state index in [9.17, 15) is 0 Å². The highest BCUT2D eigenvalue weighted by Crippen LogP contribution is 2.27. The highest BCUT2D eigenvalue weighted by atomic mass is 32.2. The van der Waals surface area contributed by atoms with Crippen molar-refractivity contribution in [3.8, 4) is 0 Å². The minimum absolute atomic E-state index is 0.823. The zero-order valence-corrected chi connectivity index (χ0v) is 10.7. The average Bonchev–Trinajstić information content (AvgIpc) is 2.63. The molecular formula is C12H25NS. The van der Waals surface area contributed by atoms with Crippen molar-refractivity contribution in [1.82, 2.24) is 5.32 Å². The fraction of sp³-hybridized carbons (Fsp3) is 1.00. The number of hydrogen-bond acceptors (Lipinski definition) is 2. The molecule has 3 unspecified atom stereocenters. The summed E-state index contributed by atoms with van der Waals surface area (Å²) in [5, 5.41) is 3.72. The minimum Gasteiger partial charge on any atom is -0.314 e. The molecule has 0 saturated heterocycles. The van der Waals surface area contributed by atoms with Crippen LogP contribution in [-0.4, -0.2) is 24.6 Å². The van der Waals surface area contributed by atoms with E-state index in [1.165, 1.54) is 38.0 Å². The highest BCUT2D eigenvalue weighted by molar-refractivity contribution is 7.98. The van der Waals surface area contributed by atoms with E-state index in [4.69, 9.17) is 0 Å². The maximum Gasteiger partial charge on any atom is 0.00699 e. The van der Waals surface area contributed by atoms with Crippen LogP contribution in [-0.2, 0) is 0 Å². The normalized spacial score (nSPS) is 29.4. The van der Waals surface area contributed by atoms with Crippen molar-refractivity contribution < 1.29 is 0 Å². The number of hydrogen-bond donors (Lipinski definition) is 1. The first kappa shape index (κ1) is 12.4. The Morgan fingerprint density at radius 1 is 1.43 bits per heavy atom. The summed E-state index contributed by atoms with van der Waals surface area (Å²) in [6.45, 7) is 5.88. The first-order valence-corrected chi connectivity index (χ1v) is 7.38. The molecule has 0 spiro atoms. The maximum atomic E-state index is 3.72. The van der Waals surface area contributed by atoms with Gasteiger partial charge in [-0.2, -0.15) is 11.8 Å². The molecule has 0 aliphatic heterocycles. The van der Waals surface area contributed by atoms with Gasteiger partial charge in [-0.05, 0) is 49.7 Å². The van der Waals surface area contributed by atoms with Crippen molar-refractivity contribution in [1.29, 1.82) is 0 Å². The molecule has 1 N–H and O–H groups in total. The molecule has 1 rings (SSSR count). The van der Waals surface area contributed by atoms with Gasteiger partial charge >= 0.3 is 0 Å². The maximum absolute atomic E-state index is 3.72. The van der Waals surface area contributed by atoms with Gasteiger partial charge in [-0.15, -0.1) is 0 Å². The van der Waals surface area contributed by atoms with Gasteiger partial charge in [0.15, 0.2) is 0 Å². The zero-order chi connectivity index (χ0) is 10.4. The lowest BCUT2D eigenvalue weighted by molar-refractivity contribution is 0.448. The molecule has 84 valence electrons. The highest BCUT2D eigenvalue weighted by Gasteiger charge is 2.22. The van der Waals surface area contributed by atoms with Crippen molar-refractivity contribution in [3.63, 3.8) is 0 Å². The van der Waals surface area contributed by atoms with Crippen LogP contribution in [0.1, 0.15) is 39.5 Å². The molecule has 0 aromatic carbocycles. The third-order valence-electron chi connectivity index (χ3n) is 3.32. The fourth-order valence-electron chi connectivity index (χ4n) is 2.34. The standard InChI is InChI=1S/C12H25NS/c1-4-11-5-6-12(7-11)13-8-10(2)9-14-3/h10-13H,4-9H2,1-3H3. The average molecular weight is 215 g/mol. The molecule has 0 amide bonds. The molecule has 1 saturated carbocycles. The van der Waals surface area contributed by atoms with Gasteiger partial charge in [0, 0.05) is 6.04 Å². The molecule has 1 aliphatic carbocycles. The van der Waals surface area contributed by atoms with Crippen molar-refractivity contribution in [2.45, 2.75) is 45.6 Å². The lowest BCUT2D eigenvalue weighted by Crippen LogP contribution is -2.31. The summed E-state index contributed by atoms with van der Waals surface area (Å²) < 4.78 is 0. The Hall–Kier alpha value is 0.310.